The third-order valence-electron chi connectivity index (χ3n) is 3.94. The molecular formula is C18H17NO4S. The minimum absolute atomic E-state index is 0.0469. The van der Waals surface area contributed by atoms with Crippen molar-refractivity contribution in [3.05, 3.63) is 78.4 Å². The quantitative estimate of drug-likeness (QED) is 0.798. The molecule has 0 saturated carbocycles. The van der Waals surface area contributed by atoms with Gasteiger partial charge in [0.05, 0.1) is 4.90 Å². The van der Waals surface area contributed by atoms with Gasteiger partial charge in [-0.05, 0) is 24.6 Å². The lowest BCUT2D eigenvalue weighted by molar-refractivity contribution is 0.134. The van der Waals surface area contributed by atoms with Crippen molar-refractivity contribution in [3.8, 4) is 0 Å². The highest BCUT2D eigenvalue weighted by atomic mass is 32.2. The molecule has 24 heavy (non-hydrogen) atoms. The Morgan fingerprint density at radius 2 is 1.71 bits per heavy atom. The van der Waals surface area contributed by atoms with Crippen LogP contribution in [0.4, 0.5) is 4.79 Å². The normalized spacial score (nSPS) is 20.7. The number of nitrogens with zero attached hydrogens (tertiary/aromatic N) is 1. The second-order valence-electron chi connectivity index (χ2n) is 5.56. The van der Waals surface area contributed by atoms with Crippen molar-refractivity contribution < 1.29 is 17.9 Å². The molecule has 1 aliphatic rings. The molecule has 0 radical (unpaired) electrons. The zero-order valence-corrected chi connectivity index (χ0v) is 13.9. The van der Waals surface area contributed by atoms with Crippen molar-refractivity contribution in [2.75, 3.05) is 0 Å². The van der Waals surface area contributed by atoms with Gasteiger partial charge in [0.1, 0.15) is 6.04 Å². The molecule has 1 fully saturated rings. The van der Waals surface area contributed by atoms with Crippen LogP contribution in [0.15, 0.2) is 72.1 Å². The van der Waals surface area contributed by atoms with E-state index in [4.69, 9.17) is 4.74 Å². The molecule has 0 N–H and O–H groups in total. The van der Waals surface area contributed by atoms with Crippen molar-refractivity contribution >= 4 is 16.1 Å². The fraction of sp³-hybridized carbons (Fsp3) is 0.167. The summed E-state index contributed by atoms with van der Waals surface area (Å²) in [5.74, 6) is 0. The first kappa shape index (κ1) is 16.3. The minimum Gasteiger partial charge on any atom is -0.438 e. The molecule has 1 heterocycles. The van der Waals surface area contributed by atoms with E-state index in [1.165, 1.54) is 18.2 Å². The number of carbonyl (C=O) groups excluding carboxylic acids is 1. The lowest BCUT2D eigenvalue weighted by Gasteiger charge is -2.21. The molecule has 0 aromatic heterocycles. The number of amides is 1. The predicted molar refractivity (Wildman–Crippen MR) is 89.9 cm³/mol. The summed E-state index contributed by atoms with van der Waals surface area (Å²) in [6.45, 7) is 5.55. The maximum Gasteiger partial charge on any atom is 0.425 e. The Morgan fingerprint density at radius 1 is 1.08 bits per heavy atom. The summed E-state index contributed by atoms with van der Waals surface area (Å²) in [6.07, 6.45) is -0.181. The summed E-state index contributed by atoms with van der Waals surface area (Å²) in [5, 5.41) is 0. The summed E-state index contributed by atoms with van der Waals surface area (Å²) in [7, 11) is -4.02. The van der Waals surface area contributed by atoms with Crippen molar-refractivity contribution in [2.45, 2.75) is 24.0 Å². The van der Waals surface area contributed by atoms with Gasteiger partial charge in [0, 0.05) is 0 Å². The Labute approximate surface area is 141 Å². The van der Waals surface area contributed by atoms with Crippen molar-refractivity contribution in [1.82, 2.24) is 4.31 Å². The number of cyclic esters (lactones) is 1. The highest BCUT2D eigenvalue weighted by molar-refractivity contribution is 7.89. The van der Waals surface area contributed by atoms with E-state index in [1.54, 1.807) is 36.4 Å². The number of rotatable bonds is 4. The van der Waals surface area contributed by atoms with Crippen LogP contribution in [0, 0.1) is 6.92 Å². The van der Waals surface area contributed by atoms with Crippen molar-refractivity contribution in [3.63, 3.8) is 0 Å². The molecule has 124 valence electrons. The molecule has 1 aliphatic heterocycles. The van der Waals surface area contributed by atoms with Gasteiger partial charge in [-0.15, -0.1) is 6.58 Å². The van der Waals surface area contributed by atoms with E-state index in [0.29, 0.717) is 0 Å². The van der Waals surface area contributed by atoms with E-state index < -0.39 is 28.3 Å². The van der Waals surface area contributed by atoms with Crippen LogP contribution in [0.5, 0.6) is 0 Å². The largest absolute Gasteiger partial charge is 0.438 e. The van der Waals surface area contributed by atoms with Gasteiger partial charge in [-0.2, -0.15) is 4.31 Å². The summed E-state index contributed by atoms with van der Waals surface area (Å²) in [5.41, 5.74) is 1.65. The average Bonchev–Trinajstić information content (AvgIpc) is 2.93. The van der Waals surface area contributed by atoms with Crippen LogP contribution in [-0.4, -0.2) is 24.9 Å². The first-order chi connectivity index (χ1) is 11.4. The van der Waals surface area contributed by atoms with E-state index >= 15 is 0 Å². The SMILES string of the molecule is C=C[C@H]1[C@H](c2ccccc2)OC(=O)N1S(=O)(=O)c1ccc(C)cc1. The van der Waals surface area contributed by atoms with E-state index in [9.17, 15) is 13.2 Å². The fourth-order valence-corrected chi connectivity index (χ4v) is 4.15. The van der Waals surface area contributed by atoms with Crippen LogP contribution in [0.25, 0.3) is 0 Å². The van der Waals surface area contributed by atoms with Gasteiger partial charge in [-0.25, -0.2) is 13.2 Å². The second kappa shape index (κ2) is 6.13. The van der Waals surface area contributed by atoms with Crippen molar-refractivity contribution in [1.29, 1.82) is 0 Å². The van der Waals surface area contributed by atoms with Gasteiger partial charge >= 0.3 is 6.09 Å². The first-order valence-corrected chi connectivity index (χ1v) is 8.88. The molecular weight excluding hydrogens is 326 g/mol. The molecule has 2 atom stereocenters. The van der Waals surface area contributed by atoms with E-state index in [2.05, 4.69) is 6.58 Å². The maximum absolute atomic E-state index is 12.9. The first-order valence-electron chi connectivity index (χ1n) is 7.44. The number of benzene rings is 2. The number of aryl methyl sites for hydroxylation is 1. The second-order valence-corrected chi connectivity index (χ2v) is 7.37. The zero-order valence-electron chi connectivity index (χ0n) is 13.1. The van der Waals surface area contributed by atoms with Gasteiger partial charge in [0.2, 0.25) is 0 Å². The van der Waals surface area contributed by atoms with Gasteiger partial charge in [0.25, 0.3) is 10.0 Å². The molecule has 1 saturated heterocycles. The van der Waals surface area contributed by atoms with Crippen molar-refractivity contribution in [2.24, 2.45) is 0 Å². The Hall–Kier alpha value is -2.60. The highest BCUT2D eigenvalue weighted by Gasteiger charge is 2.47. The number of ether oxygens (including phenoxy) is 1. The molecule has 3 rings (SSSR count). The van der Waals surface area contributed by atoms with Gasteiger partial charge in [0.15, 0.2) is 6.10 Å². The van der Waals surface area contributed by atoms with E-state index in [-0.39, 0.29) is 4.90 Å². The van der Waals surface area contributed by atoms with Crippen LogP contribution in [0.3, 0.4) is 0 Å². The Balaban J connectivity index is 2.02. The highest BCUT2D eigenvalue weighted by Crippen LogP contribution is 2.36. The molecule has 0 unspecified atom stereocenters. The van der Waals surface area contributed by atoms with Crippen LogP contribution in [0.1, 0.15) is 17.2 Å². The molecule has 0 bridgehead atoms. The zero-order chi connectivity index (χ0) is 17.3. The molecule has 2 aromatic rings. The standard InChI is InChI=1S/C18H17NO4S/c1-3-16-17(14-7-5-4-6-8-14)23-18(20)19(16)24(21,22)15-11-9-13(2)10-12-15/h3-12,16-17H,1H2,2H3/t16-,17-/m0/s1. The number of carbonyl (C=O) groups is 1. The predicted octanol–water partition coefficient (Wildman–Crippen LogP) is 3.43. The fourth-order valence-electron chi connectivity index (χ4n) is 2.68. The summed E-state index contributed by atoms with van der Waals surface area (Å²) >= 11 is 0. The van der Waals surface area contributed by atoms with Crippen LogP contribution in [0.2, 0.25) is 0 Å². The maximum atomic E-state index is 12.9. The molecule has 0 aliphatic carbocycles. The molecule has 6 heteroatoms. The summed E-state index contributed by atoms with van der Waals surface area (Å²) in [6, 6.07) is 14.6. The van der Waals surface area contributed by atoms with Crippen LogP contribution >= 0.6 is 0 Å². The average molecular weight is 343 g/mol. The van der Waals surface area contributed by atoms with Crippen LogP contribution < -0.4 is 0 Å². The van der Waals surface area contributed by atoms with E-state index in [0.717, 1.165) is 15.4 Å². The summed E-state index contributed by atoms with van der Waals surface area (Å²) in [4.78, 5) is 12.3. The minimum atomic E-state index is -4.02. The summed E-state index contributed by atoms with van der Waals surface area (Å²) < 4.78 is 31.9. The Bertz CT molecular complexity index is 860. The van der Waals surface area contributed by atoms with E-state index in [1.807, 2.05) is 13.0 Å². The van der Waals surface area contributed by atoms with Gasteiger partial charge in [-0.3, -0.25) is 0 Å². The van der Waals surface area contributed by atoms with Crippen LogP contribution in [-0.2, 0) is 14.8 Å². The lowest BCUT2D eigenvalue weighted by Crippen LogP contribution is -2.38. The molecule has 2 aromatic carbocycles. The third kappa shape index (κ3) is 2.69. The number of hydrogen-bond acceptors (Lipinski definition) is 4. The number of sulfonamides is 1. The smallest absolute Gasteiger partial charge is 0.425 e. The lowest BCUT2D eigenvalue weighted by atomic mass is 10.0. The Kier molecular flexibility index (Phi) is 4.15. The monoisotopic (exact) mass is 343 g/mol. The molecule has 1 amide bonds. The topological polar surface area (TPSA) is 63.7 Å². The number of hydrogen-bond donors (Lipinski definition) is 0. The van der Waals surface area contributed by atoms with Gasteiger partial charge < -0.3 is 4.74 Å². The van der Waals surface area contributed by atoms with Gasteiger partial charge in [-0.1, -0.05) is 54.1 Å². The Morgan fingerprint density at radius 3 is 2.29 bits per heavy atom. The molecule has 5 nitrogen and oxygen atoms in total. The molecule has 0 spiro atoms. The third-order valence-corrected chi connectivity index (χ3v) is 5.71.